The van der Waals surface area contributed by atoms with Crippen molar-refractivity contribution in [3.63, 3.8) is 0 Å². The molecule has 102 valence electrons. The normalized spacial score (nSPS) is 22.1. The van der Waals surface area contributed by atoms with Crippen LogP contribution in [0.25, 0.3) is 0 Å². The SMILES string of the molecule is CCCNC(=O)C1(C)Sc2ccccc2N(C)C1=O. The molecule has 5 heteroatoms. The maximum atomic E-state index is 12.5. The van der Waals surface area contributed by atoms with Crippen LogP contribution < -0.4 is 10.2 Å². The molecule has 0 saturated heterocycles. The highest BCUT2D eigenvalue weighted by Crippen LogP contribution is 2.44. The number of hydrogen-bond donors (Lipinski definition) is 1. The number of rotatable bonds is 3. The third-order valence-corrected chi connectivity index (χ3v) is 4.56. The summed E-state index contributed by atoms with van der Waals surface area (Å²) in [7, 11) is 1.71. The number of nitrogens with one attached hydrogen (secondary N) is 1. The van der Waals surface area contributed by atoms with Crippen molar-refractivity contribution in [2.24, 2.45) is 0 Å². The molecule has 0 aliphatic carbocycles. The molecule has 0 saturated carbocycles. The third kappa shape index (κ3) is 2.34. The molecule has 0 fully saturated rings. The number of amides is 2. The molecule has 1 aliphatic heterocycles. The number of para-hydroxylation sites is 1. The van der Waals surface area contributed by atoms with E-state index in [1.165, 1.54) is 11.8 Å². The average Bonchev–Trinajstić information content (AvgIpc) is 2.42. The van der Waals surface area contributed by atoms with Gasteiger partial charge >= 0.3 is 0 Å². The first kappa shape index (κ1) is 13.9. The maximum Gasteiger partial charge on any atom is 0.252 e. The lowest BCUT2D eigenvalue weighted by Crippen LogP contribution is -2.55. The first-order valence-electron chi connectivity index (χ1n) is 6.35. The zero-order valence-electron chi connectivity index (χ0n) is 11.4. The Hall–Kier alpha value is -1.49. The lowest BCUT2D eigenvalue weighted by atomic mass is 10.1. The maximum absolute atomic E-state index is 12.5. The topological polar surface area (TPSA) is 49.4 Å². The fourth-order valence-corrected chi connectivity index (χ4v) is 3.35. The fourth-order valence-electron chi connectivity index (χ4n) is 2.06. The summed E-state index contributed by atoms with van der Waals surface area (Å²) >= 11 is 1.33. The van der Waals surface area contributed by atoms with Gasteiger partial charge in [0.25, 0.3) is 5.91 Å². The molecule has 1 atom stereocenters. The Balaban J connectivity index is 2.34. The number of carbonyl (C=O) groups is 2. The van der Waals surface area contributed by atoms with E-state index in [1.807, 2.05) is 31.2 Å². The molecular formula is C14H18N2O2S. The van der Waals surface area contributed by atoms with Crippen molar-refractivity contribution in [1.82, 2.24) is 5.32 Å². The molecule has 1 N–H and O–H groups in total. The van der Waals surface area contributed by atoms with Crippen molar-refractivity contribution < 1.29 is 9.59 Å². The van der Waals surface area contributed by atoms with Gasteiger partial charge in [-0.25, -0.2) is 0 Å². The van der Waals surface area contributed by atoms with Crippen LogP contribution in [-0.4, -0.2) is 30.2 Å². The number of carbonyl (C=O) groups excluding carboxylic acids is 2. The highest BCUT2D eigenvalue weighted by molar-refractivity contribution is 8.02. The van der Waals surface area contributed by atoms with Gasteiger partial charge in [-0.15, -0.1) is 0 Å². The third-order valence-electron chi connectivity index (χ3n) is 3.22. The van der Waals surface area contributed by atoms with Crippen LogP contribution in [0, 0.1) is 0 Å². The molecule has 1 unspecified atom stereocenters. The Morgan fingerprint density at radius 3 is 2.79 bits per heavy atom. The van der Waals surface area contributed by atoms with Gasteiger partial charge in [0, 0.05) is 18.5 Å². The van der Waals surface area contributed by atoms with Crippen molar-refractivity contribution in [1.29, 1.82) is 0 Å². The van der Waals surface area contributed by atoms with E-state index in [-0.39, 0.29) is 11.8 Å². The van der Waals surface area contributed by atoms with E-state index in [0.717, 1.165) is 17.0 Å². The molecule has 19 heavy (non-hydrogen) atoms. The predicted molar refractivity (Wildman–Crippen MR) is 77.4 cm³/mol. The van der Waals surface area contributed by atoms with Crippen molar-refractivity contribution in [3.8, 4) is 0 Å². The first-order chi connectivity index (χ1) is 9.00. The zero-order chi connectivity index (χ0) is 14.0. The lowest BCUT2D eigenvalue weighted by molar-refractivity contribution is -0.131. The van der Waals surface area contributed by atoms with Crippen molar-refractivity contribution >= 4 is 29.3 Å². The van der Waals surface area contributed by atoms with Gasteiger partial charge in [-0.1, -0.05) is 30.8 Å². The van der Waals surface area contributed by atoms with Gasteiger partial charge in [-0.05, 0) is 25.5 Å². The minimum absolute atomic E-state index is 0.176. The summed E-state index contributed by atoms with van der Waals surface area (Å²) in [6.07, 6.45) is 0.854. The Labute approximate surface area is 117 Å². The van der Waals surface area contributed by atoms with E-state index in [9.17, 15) is 9.59 Å². The van der Waals surface area contributed by atoms with Crippen LogP contribution in [0.1, 0.15) is 20.3 Å². The summed E-state index contributed by atoms with van der Waals surface area (Å²) in [4.78, 5) is 27.2. The van der Waals surface area contributed by atoms with Gasteiger partial charge in [0.05, 0.1) is 5.69 Å². The monoisotopic (exact) mass is 278 g/mol. The first-order valence-corrected chi connectivity index (χ1v) is 7.17. The van der Waals surface area contributed by atoms with E-state index in [4.69, 9.17) is 0 Å². The molecule has 1 heterocycles. The minimum Gasteiger partial charge on any atom is -0.354 e. The summed E-state index contributed by atoms with van der Waals surface area (Å²) in [5, 5.41) is 2.82. The fraction of sp³-hybridized carbons (Fsp3) is 0.429. The summed E-state index contributed by atoms with van der Waals surface area (Å²) in [5.41, 5.74) is 0.860. The number of thioether (sulfide) groups is 1. The molecule has 2 rings (SSSR count). The van der Waals surface area contributed by atoms with Gasteiger partial charge in [-0.3, -0.25) is 9.59 Å². The predicted octanol–water partition coefficient (Wildman–Crippen LogP) is 2.04. The van der Waals surface area contributed by atoms with Gasteiger partial charge in [0.15, 0.2) is 4.75 Å². The highest BCUT2D eigenvalue weighted by atomic mass is 32.2. The summed E-state index contributed by atoms with van der Waals surface area (Å²) < 4.78 is -1.09. The van der Waals surface area contributed by atoms with Gasteiger partial charge in [0.2, 0.25) is 5.91 Å². The van der Waals surface area contributed by atoms with Gasteiger partial charge in [0.1, 0.15) is 0 Å². The average molecular weight is 278 g/mol. The zero-order valence-corrected chi connectivity index (χ0v) is 12.2. The van der Waals surface area contributed by atoms with Crippen molar-refractivity contribution in [3.05, 3.63) is 24.3 Å². The number of benzene rings is 1. The van der Waals surface area contributed by atoms with E-state index < -0.39 is 4.75 Å². The van der Waals surface area contributed by atoms with E-state index in [0.29, 0.717) is 6.54 Å². The largest absolute Gasteiger partial charge is 0.354 e. The second-order valence-electron chi connectivity index (χ2n) is 4.72. The molecule has 0 bridgehead atoms. The molecule has 4 nitrogen and oxygen atoms in total. The second kappa shape index (κ2) is 5.25. The summed E-state index contributed by atoms with van der Waals surface area (Å²) in [5.74, 6) is -0.393. The number of hydrogen-bond acceptors (Lipinski definition) is 3. The summed E-state index contributed by atoms with van der Waals surface area (Å²) in [6, 6.07) is 7.64. The Morgan fingerprint density at radius 2 is 2.11 bits per heavy atom. The minimum atomic E-state index is -1.09. The molecule has 0 radical (unpaired) electrons. The smallest absolute Gasteiger partial charge is 0.252 e. The van der Waals surface area contributed by atoms with E-state index in [2.05, 4.69) is 5.32 Å². The highest BCUT2D eigenvalue weighted by Gasteiger charge is 2.47. The molecule has 1 aliphatic rings. The standard InChI is InChI=1S/C14H18N2O2S/c1-4-9-15-12(17)14(2)13(18)16(3)10-7-5-6-8-11(10)19-14/h5-8H,4,9H2,1-3H3,(H,15,17). The summed E-state index contributed by atoms with van der Waals surface area (Å²) in [6.45, 7) is 4.27. The van der Waals surface area contributed by atoms with Crippen molar-refractivity contribution in [2.75, 3.05) is 18.5 Å². The van der Waals surface area contributed by atoms with Gasteiger partial charge < -0.3 is 10.2 Å². The number of anilines is 1. The van der Waals surface area contributed by atoms with Crippen LogP contribution in [0.5, 0.6) is 0 Å². The van der Waals surface area contributed by atoms with Gasteiger partial charge in [-0.2, -0.15) is 0 Å². The van der Waals surface area contributed by atoms with Crippen LogP contribution in [0.2, 0.25) is 0 Å². The molecule has 0 aromatic heterocycles. The second-order valence-corrected chi connectivity index (χ2v) is 6.18. The van der Waals surface area contributed by atoms with E-state index in [1.54, 1.807) is 18.9 Å². The Morgan fingerprint density at radius 1 is 1.42 bits per heavy atom. The van der Waals surface area contributed by atoms with Crippen LogP contribution in [0.15, 0.2) is 29.2 Å². The molecule has 2 amide bonds. The van der Waals surface area contributed by atoms with Crippen LogP contribution in [0.3, 0.4) is 0 Å². The van der Waals surface area contributed by atoms with Crippen LogP contribution in [0.4, 0.5) is 5.69 Å². The van der Waals surface area contributed by atoms with E-state index >= 15 is 0 Å². The Bertz CT molecular complexity index is 518. The van der Waals surface area contributed by atoms with Crippen LogP contribution >= 0.6 is 11.8 Å². The number of nitrogens with zero attached hydrogens (tertiary/aromatic N) is 1. The van der Waals surface area contributed by atoms with Crippen LogP contribution in [-0.2, 0) is 9.59 Å². The molecule has 1 aromatic carbocycles. The number of fused-ring (bicyclic) bond motifs is 1. The lowest BCUT2D eigenvalue weighted by Gasteiger charge is -2.36. The molecule has 1 aromatic rings. The Kier molecular flexibility index (Phi) is 3.85. The quantitative estimate of drug-likeness (QED) is 0.861. The van der Waals surface area contributed by atoms with Crippen molar-refractivity contribution in [2.45, 2.75) is 29.9 Å². The molecule has 0 spiro atoms. The molecular weight excluding hydrogens is 260 g/mol.